The van der Waals surface area contributed by atoms with Gasteiger partial charge in [0, 0.05) is 26.4 Å². The molecule has 0 aromatic carbocycles. The first-order valence-electron chi connectivity index (χ1n) is 6.44. The Morgan fingerprint density at radius 2 is 2.00 bits per heavy atom. The van der Waals surface area contributed by atoms with E-state index < -0.39 is 12.0 Å². The number of aliphatic carboxylic acids is 1. The summed E-state index contributed by atoms with van der Waals surface area (Å²) in [6.45, 7) is 2.33. The SMILES string of the molecule is CCCN(CC(=O)N(C)C)C(=O)N1CSC[C@H]1C(=O)O. The fourth-order valence-electron chi connectivity index (χ4n) is 1.83. The number of carbonyl (C=O) groups excluding carboxylic acids is 2. The number of thioether (sulfide) groups is 1. The maximum absolute atomic E-state index is 12.4. The van der Waals surface area contributed by atoms with Crippen LogP contribution in [0.2, 0.25) is 0 Å². The second-order valence-corrected chi connectivity index (χ2v) is 5.82. The number of likely N-dealkylation sites (N-methyl/N-ethyl adjacent to an activating group) is 1. The Kier molecular flexibility index (Phi) is 6.12. The van der Waals surface area contributed by atoms with E-state index in [0.717, 1.165) is 0 Å². The van der Waals surface area contributed by atoms with Crippen molar-refractivity contribution in [2.75, 3.05) is 38.8 Å². The Hall–Kier alpha value is -1.44. The lowest BCUT2D eigenvalue weighted by Crippen LogP contribution is -2.51. The molecule has 20 heavy (non-hydrogen) atoms. The smallest absolute Gasteiger partial charge is 0.327 e. The predicted molar refractivity (Wildman–Crippen MR) is 76.5 cm³/mol. The second kappa shape index (κ2) is 7.37. The second-order valence-electron chi connectivity index (χ2n) is 4.82. The zero-order valence-electron chi connectivity index (χ0n) is 12.0. The molecule has 1 aliphatic rings. The molecule has 1 atom stereocenters. The van der Waals surface area contributed by atoms with Crippen molar-refractivity contribution in [2.45, 2.75) is 19.4 Å². The van der Waals surface area contributed by atoms with Crippen LogP contribution in [0.15, 0.2) is 0 Å². The quantitative estimate of drug-likeness (QED) is 0.793. The molecule has 0 spiro atoms. The number of rotatable bonds is 5. The van der Waals surface area contributed by atoms with Gasteiger partial charge in [0.05, 0.1) is 5.88 Å². The van der Waals surface area contributed by atoms with Gasteiger partial charge in [-0.15, -0.1) is 11.8 Å². The molecule has 1 fully saturated rings. The van der Waals surface area contributed by atoms with E-state index in [2.05, 4.69) is 0 Å². The summed E-state index contributed by atoms with van der Waals surface area (Å²) in [7, 11) is 3.26. The number of urea groups is 1. The normalized spacial score (nSPS) is 17.9. The maximum atomic E-state index is 12.4. The Balaban J connectivity index is 2.77. The van der Waals surface area contributed by atoms with E-state index in [0.29, 0.717) is 24.6 Å². The van der Waals surface area contributed by atoms with E-state index in [4.69, 9.17) is 5.11 Å². The third-order valence-corrected chi connectivity index (χ3v) is 4.01. The summed E-state index contributed by atoms with van der Waals surface area (Å²) < 4.78 is 0. The standard InChI is InChI=1S/C12H21N3O4S/c1-4-5-14(6-10(16)13(2)3)12(19)15-8-20-7-9(15)11(17)18/h9H,4-8H2,1-3H3,(H,17,18)/t9-/m0/s1. The van der Waals surface area contributed by atoms with Crippen molar-refractivity contribution in [1.29, 1.82) is 0 Å². The van der Waals surface area contributed by atoms with Crippen LogP contribution in [-0.2, 0) is 9.59 Å². The molecule has 0 unspecified atom stereocenters. The van der Waals surface area contributed by atoms with Gasteiger partial charge in [-0.3, -0.25) is 4.79 Å². The van der Waals surface area contributed by atoms with E-state index in [-0.39, 0.29) is 18.5 Å². The first kappa shape index (κ1) is 16.6. The van der Waals surface area contributed by atoms with E-state index in [9.17, 15) is 14.4 Å². The number of nitrogens with zero attached hydrogens (tertiary/aromatic N) is 3. The Morgan fingerprint density at radius 1 is 1.35 bits per heavy atom. The molecule has 0 bridgehead atoms. The summed E-state index contributed by atoms with van der Waals surface area (Å²) in [5, 5.41) is 9.11. The highest BCUT2D eigenvalue weighted by Gasteiger charge is 2.37. The molecular weight excluding hydrogens is 282 g/mol. The molecule has 0 aromatic heterocycles. The highest BCUT2D eigenvalue weighted by atomic mass is 32.2. The number of hydrogen-bond acceptors (Lipinski definition) is 4. The molecule has 114 valence electrons. The molecule has 0 aliphatic carbocycles. The van der Waals surface area contributed by atoms with Crippen molar-refractivity contribution in [3.8, 4) is 0 Å². The third kappa shape index (κ3) is 4.03. The molecule has 1 aliphatic heterocycles. The maximum Gasteiger partial charge on any atom is 0.327 e. The van der Waals surface area contributed by atoms with Crippen LogP contribution >= 0.6 is 11.8 Å². The van der Waals surface area contributed by atoms with E-state index >= 15 is 0 Å². The van der Waals surface area contributed by atoms with Crippen molar-refractivity contribution in [3.05, 3.63) is 0 Å². The summed E-state index contributed by atoms with van der Waals surface area (Å²) in [6.07, 6.45) is 0.713. The topological polar surface area (TPSA) is 81.2 Å². The molecule has 0 radical (unpaired) electrons. The summed E-state index contributed by atoms with van der Waals surface area (Å²) in [4.78, 5) is 39.5. The zero-order chi connectivity index (χ0) is 15.3. The van der Waals surface area contributed by atoms with Gasteiger partial charge in [-0.2, -0.15) is 0 Å². The van der Waals surface area contributed by atoms with Gasteiger partial charge < -0.3 is 19.8 Å². The first-order chi connectivity index (χ1) is 9.38. The summed E-state index contributed by atoms with van der Waals surface area (Å²) in [5.41, 5.74) is 0. The van der Waals surface area contributed by atoms with Crippen LogP contribution in [-0.4, -0.2) is 82.6 Å². The average Bonchev–Trinajstić information content (AvgIpc) is 2.86. The molecular formula is C12H21N3O4S. The van der Waals surface area contributed by atoms with Crippen LogP contribution in [0, 0.1) is 0 Å². The molecule has 1 N–H and O–H groups in total. The van der Waals surface area contributed by atoms with Crippen LogP contribution in [0.4, 0.5) is 4.79 Å². The molecule has 1 heterocycles. The predicted octanol–water partition coefficient (Wildman–Crippen LogP) is 0.366. The largest absolute Gasteiger partial charge is 0.480 e. The van der Waals surface area contributed by atoms with Gasteiger partial charge in [0.2, 0.25) is 5.91 Å². The monoisotopic (exact) mass is 303 g/mol. The summed E-state index contributed by atoms with van der Waals surface area (Å²) in [6, 6.07) is -1.18. The molecule has 0 aromatic rings. The van der Waals surface area contributed by atoms with Gasteiger partial charge in [-0.1, -0.05) is 6.92 Å². The Morgan fingerprint density at radius 3 is 2.50 bits per heavy atom. The first-order valence-corrected chi connectivity index (χ1v) is 7.60. The van der Waals surface area contributed by atoms with Crippen LogP contribution in [0.1, 0.15) is 13.3 Å². The van der Waals surface area contributed by atoms with Gasteiger partial charge in [-0.25, -0.2) is 9.59 Å². The van der Waals surface area contributed by atoms with E-state index in [1.54, 1.807) is 14.1 Å². The minimum atomic E-state index is -1.00. The Bertz CT molecular complexity index is 389. The highest BCUT2D eigenvalue weighted by Crippen LogP contribution is 2.22. The number of carboxylic acids is 1. The highest BCUT2D eigenvalue weighted by molar-refractivity contribution is 7.99. The van der Waals surface area contributed by atoms with Crippen molar-refractivity contribution in [3.63, 3.8) is 0 Å². The molecule has 8 heteroatoms. The zero-order valence-corrected chi connectivity index (χ0v) is 12.9. The fourth-order valence-corrected chi connectivity index (χ4v) is 2.97. The lowest BCUT2D eigenvalue weighted by atomic mass is 10.3. The molecule has 7 nitrogen and oxygen atoms in total. The van der Waals surface area contributed by atoms with Gasteiger partial charge in [0.1, 0.15) is 12.6 Å². The minimum Gasteiger partial charge on any atom is -0.480 e. The lowest BCUT2D eigenvalue weighted by molar-refractivity contribution is -0.140. The van der Waals surface area contributed by atoms with Gasteiger partial charge in [0.25, 0.3) is 0 Å². The summed E-state index contributed by atoms with van der Waals surface area (Å²) >= 11 is 1.41. The van der Waals surface area contributed by atoms with Gasteiger partial charge in [0.15, 0.2) is 0 Å². The number of carbonyl (C=O) groups is 3. The van der Waals surface area contributed by atoms with Gasteiger partial charge in [-0.05, 0) is 6.42 Å². The fraction of sp³-hybridized carbons (Fsp3) is 0.750. The number of hydrogen-bond donors (Lipinski definition) is 1. The molecule has 1 saturated heterocycles. The molecule has 1 rings (SSSR count). The minimum absolute atomic E-state index is 0.0207. The van der Waals surface area contributed by atoms with E-state index in [1.165, 1.54) is 26.5 Å². The third-order valence-electron chi connectivity index (χ3n) is 3.00. The van der Waals surface area contributed by atoms with Crippen molar-refractivity contribution < 1.29 is 19.5 Å². The van der Waals surface area contributed by atoms with E-state index in [1.807, 2.05) is 6.92 Å². The number of carboxylic acid groups (broad SMARTS) is 1. The molecule has 0 saturated carbocycles. The average molecular weight is 303 g/mol. The van der Waals surface area contributed by atoms with Crippen molar-refractivity contribution >= 4 is 29.7 Å². The van der Waals surface area contributed by atoms with Crippen LogP contribution in [0.5, 0.6) is 0 Å². The van der Waals surface area contributed by atoms with Crippen LogP contribution in [0.25, 0.3) is 0 Å². The van der Waals surface area contributed by atoms with Crippen molar-refractivity contribution in [1.82, 2.24) is 14.7 Å². The molecule has 3 amide bonds. The van der Waals surface area contributed by atoms with Crippen molar-refractivity contribution in [2.24, 2.45) is 0 Å². The van der Waals surface area contributed by atoms with Crippen LogP contribution < -0.4 is 0 Å². The summed E-state index contributed by atoms with van der Waals surface area (Å²) in [5.74, 6) is -0.432. The van der Waals surface area contributed by atoms with Gasteiger partial charge >= 0.3 is 12.0 Å². The number of amides is 3. The lowest BCUT2D eigenvalue weighted by Gasteiger charge is -2.29. The van der Waals surface area contributed by atoms with Crippen LogP contribution in [0.3, 0.4) is 0 Å². The Labute approximate surface area is 122 Å².